The van der Waals surface area contributed by atoms with Crippen molar-refractivity contribution in [2.75, 3.05) is 7.11 Å². The number of pyridine rings is 1. The molecule has 0 aliphatic rings. The summed E-state index contributed by atoms with van der Waals surface area (Å²) in [6.45, 7) is 1.78. The fourth-order valence-corrected chi connectivity index (χ4v) is 1.44. The van der Waals surface area contributed by atoms with E-state index in [1.807, 2.05) is 22.6 Å². The third-order valence-electron chi connectivity index (χ3n) is 1.63. The smallest absolute Gasteiger partial charge is 0.280 e. The normalized spacial score (nSPS) is 10.6. The minimum atomic E-state index is -2.55. The summed E-state index contributed by atoms with van der Waals surface area (Å²) in [6.07, 6.45) is -2.55. The van der Waals surface area contributed by atoms with Crippen molar-refractivity contribution < 1.29 is 13.5 Å². The van der Waals surface area contributed by atoms with E-state index >= 15 is 0 Å². The van der Waals surface area contributed by atoms with Crippen molar-refractivity contribution in [3.63, 3.8) is 0 Å². The van der Waals surface area contributed by atoms with Crippen LogP contribution >= 0.6 is 22.6 Å². The number of hydrogen-bond donors (Lipinski definition) is 0. The monoisotopic (exact) mass is 299 g/mol. The Morgan fingerprint density at radius 1 is 1.54 bits per heavy atom. The Hall–Kier alpha value is -0.460. The molecule has 0 aliphatic carbocycles. The molecule has 0 saturated carbocycles. The lowest BCUT2D eigenvalue weighted by Crippen LogP contribution is -1.98. The van der Waals surface area contributed by atoms with Crippen molar-refractivity contribution in [3.05, 3.63) is 21.0 Å². The second kappa shape index (κ2) is 4.17. The zero-order chi connectivity index (χ0) is 10.0. The van der Waals surface area contributed by atoms with Crippen LogP contribution in [0, 0.1) is 10.6 Å². The van der Waals surface area contributed by atoms with Gasteiger partial charge in [-0.1, -0.05) is 0 Å². The minimum Gasteiger partial charge on any atom is -0.496 e. The summed E-state index contributed by atoms with van der Waals surface area (Å²) in [5, 5.41) is 0. The Bertz CT molecular complexity index is 317. The predicted molar refractivity (Wildman–Crippen MR) is 53.2 cm³/mol. The molecule has 1 aromatic heterocycles. The Labute approximate surface area is 88.5 Å². The molecule has 5 heteroatoms. The van der Waals surface area contributed by atoms with E-state index in [9.17, 15) is 8.78 Å². The number of alkyl halides is 2. The number of ether oxygens (including phenoxy) is 1. The van der Waals surface area contributed by atoms with Crippen LogP contribution < -0.4 is 4.74 Å². The minimum absolute atomic E-state index is 0.244. The molecule has 0 saturated heterocycles. The first-order valence-corrected chi connectivity index (χ1v) is 4.63. The summed E-state index contributed by atoms with van der Waals surface area (Å²) >= 11 is 1.91. The fraction of sp³-hybridized carbons (Fsp3) is 0.375. The van der Waals surface area contributed by atoms with E-state index in [2.05, 4.69) is 4.98 Å². The summed E-state index contributed by atoms with van der Waals surface area (Å²) in [7, 11) is 1.45. The first kappa shape index (κ1) is 10.6. The van der Waals surface area contributed by atoms with Crippen molar-refractivity contribution >= 4 is 22.6 Å². The summed E-state index contributed by atoms with van der Waals surface area (Å²) in [5.41, 5.74) is 0.541. The number of nitrogens with zero attached hydrogens (tertiary/aromatic N) is 1. The first-order valence-electron chi connectivity index (χ1n) is 3.55. The maximum absolute atomic E-state index is 12.3. The third kappa shape index (κ3) is 2.26. The largest absolute Gasteiger partial charge is 0.496 e. The zero-order valence-electron chi connectivity index (χ0n) is 7.14. The molecule has 1 rings (SSSR count). The van der Waals surface area contributed by atoms with Crippen LogP contribution in [0.5, 0.6) is 5.75 Å². The van der Waals surface area contributed by atoms with E-state index in [-0.39, 0.29) is 5.69 Å². The second-order valence-electron chi connectivity index (χ2n) is 2.47. The van der Waals surface area contributed by atoms with Gasteiger partial charge in [-0.25, -0.2) is 13.8 Å². The molecule has 0 amide bonds. The van der Waals surface area contributed by atoms with Gasteiger partial charge in [0.1, 0.15) is 15.1 Å². The lowest BCUT2D eigenvalue weighted by Gasteiger charge is -2.08. The molecule has 0 fully saturated rings. The Balaban J connectivity index is 3.22. The average molecular weight is 299 g/mol. The van der Waals surface area contributed by atoms with Crippen LogP contribution in [0.4, 0.5) is 8.78 Å². The predicted octanol–water partition coefficient (Wildman–Crippen LogP) is 2.94. The van der Waals surface area contributed by atoms with Crippen LogP contribution in [-0.4, -0.2) is 12.1 Å². The first-order chi connectivity index (χ1) is 6.06. The number of methoxy groups -OCH3 is 1. The molecule has 2 nitrogen and oxygen atoms in total. The number of halogens is 3. The molecule has 0 aliphatic heterocycles. The number of aromatic nitrogens is 1. The Morgan fingerprint density at radius 3 is 2.62 bits per heavy atom. The van der Waals surface area contributed by atoms with Gasteiger partial charge in [-0.3, -0.25) is 0 Å². The van der Waals surface area contributed by atoms with Crippen LogP contribution in [-0.2, 0) is 0 Å². The molecule has 0 unspecified atom stereocenters. The molecule has 1 heterocycles. The fourth-order valence-electron chi connectivity index (χ4n) is 0.898. The van der Waals surface area contributed by atoms with E-state index in [0.717, 1.165) is 5.56 Å². The van der Waals surface area contributed by atoms with Gasteiger partial charge in [0.25, 0.3) is 6.43 Å². The zero-order valence-corrected chi connectivity index (χ0v) is 9.30. The number of rotatable bonds is 2. The topological polar surface area (TPSA) is 22.1 Å². The second-order valence-corrected chi connectivity index (χ2v) is 3.49. The summed E-state index contributed by atoms with van der Waals surface area (Å²) in [4.78, 5) is 3.74. The highest BCUT2D eigenvalue weighted by atomic mass is 127. The molecule has 0 aromatic carbocycles. The van der Waals surface area contributed by atoms with Crippen molar-refractivity contribution in [2.24, 2.45) is 0 Å². The van der Waals surface area contributed by atoms with Gasteiger partial charge in [0, 0.05) is 11.6 Å². The van der Waals surface area contributed by atoms with E-state index in [1.165, 1.54) is 13.2 Å². The van der Waals surface area contributed by atoms with E-state index in [0.29, 0.717) is 9.45 Å². The van der Waals surface area contributed by atoms with E-state index in [1.54, 1.807) is 6.92 Å². The van der Waals surface area contributed by atoms with Gasteiger partial charge in [-0.05, 0) is 29.5 Å². The quantitative estimate of drug-likeness (QED) is 0.619. The van der Waals surface area contributed by atoms with Crippen LogP contribution in [0.15, 0.2) is 6.07 Å². The van der Waals surface area contributed by atoms with Crippen molar-refractivity contribution in [2.45, 2.75) is 13.3 Å². The number of hydrogen-bond acceptors (Lipinski definition) is 2. The standard InChI is InChI=1S/C8H8F2INO/c1-4-6(13-2)3-5(7(9)10)12-8(4)11/h3,7H,1-2H3. The summed E-state index contributed by atoms with van der Waals surface area (Å²) in [6, 6.07) is 1.27. The maximum atomic E-state index is 12.3. The highest BCUT2D eigenvalue weighted by Crippen LogP contribution is 2.27. The lowest BCUT2D eigenvalue weighted by molar-refractivity contribution is 0.145. The van der Waals surface area contributed by atoms with Crippen molar-refractivity contribution in [1.82, 2.24) is 4.98 Å². The molecule has 1 aromatic rings. The van der Waals surface area contributed by atoms with Crippen molar-refractivity contribution in [3.8, 4) is 5.75 Å². The van der Waals surface area contributed by atoms with Crippen LogP contribution in [0.2, 0.25) is 0 Å². The van der Waals surface area contributed by atoms with Crippen molar-refractivity contribution in [1.29, 1.82) is 0 Å². The average Bonchev–Trinajstić information content (AvgIpc) is 2.09. The van der Waals surface area contributed by atoms with Gasteiger partial charge >= 0.3 is 0 Å². The summed E-state index contributed by atoms with van der Waals surface area (Å²) in [5.74, 6) is 0.453. The Morgan fingerprint density at radius 2 is 2.15 bits per heavy atom. The van der Waals surface area contributed by atoms with Gasteiger partial charge in [0.2, 0.25) is 0 Å². The van der Waals surface area contributed by atoms with Gasteiger partial charge in [-0.2, -0.15) is 0 Å². The van der Waals surface area contributed by atoms with Gasteiger partial charge < -0.3 is 4.74 Å². The molecule has 0 spiro atoms. The molecule has 72 valence electrons. The highest BCUT2D eigenvalue weighted by molar-refractivity contribution is 14.1. The van der Waals surface area contributed by atoms with Gasteiger partial charge in [-0.15, -0.1) is 0 Å². The van der Waals surface area contributed by atoms with Gasteiger partial charge in [0.05, 0.1) is 7.11 Å². The third-order valence-corrected chi connectivity index (χ3v) is 2.68. The molecular weight excluding hydrogens is 291 g/mol. The van der Waals surface area contributed by atoms with Crippen LogP contribution in [0.3, 0.4) is 0 Å². The molecule has 0 radical (unpaired) electrons. The lowest BCUT2D eigenvalue weighted by atomic mass is 10.2. The highest BCUT2D eigenvalue weighted by Gasteiger charge is 2.14. The molecule has 13 heavy (non-hydrogen) atoms. The maximum Gasteiger partial charge on any atom is 0.280 e. The van der Waals surface area contributed by atoms with Crippen LogP contribution in [0.25, 0.3) is 0 Å². The SMILES string of the molecule is COc1cc(C(F)F)nc(I)c1C. The Kier molecular flexibility index (Phi) is 3.40. The molecule has 0 N–H and O–H groups in total. The van der Waals surface area contributed by atoms with Gasteiger partial charge in [0.15, 0.2) is 0 Å². The molecule has 0 bridgehead atoms. The summed E-state index contributed by atoms with van der Waals surface area (Å²) < 4.78 is 30.0. The van der Waals surface area contributed by atoms with Crippen LogP contribution in [0.1, 0.15) is 17.7 Å². The molecule has 0 atom stereocenters. The van der Waals surface area contributed by atoms with E-state index < -0.39 is 6.43 Å². The molecular formula is C8H8F2INO. The van der Waals surface area contributed by atoms with E-state index in [4.69, 9.17) is 4.74 Å².